The first kappa shape index (κ1) is 15.9. The van der Waals surface area contributed by atoms with Crippen LogP contribution in [0.1, 0.15) is 4.88 Å². The topological polar surface area (TPSA) is 75.6 Å². The summed E-state index contributed by atoms with van der Waals surface area (Å²) in [5, 5.41) is 11.4. The van der Waals surface area contributed by atoms with E-state index in [1.54, 1.807) is 0 Å². The summed E-state index contributed by atoms with van der Waals surface area (Å²) >= 11 is 4.74. The van der Waals surface area contributed by atoms with Crippen LogP contribution in [0.2, 0.25) is 0 Å². The standard InChI is InChI=1S/C12H14BrNO4S/c1-2-5-18-7-9(12(16)17)14-11(15)6-8-3-4-10(13)19-8/h2-4,9H,1,5-7H2,(H,14,15)(H,16,17). The molecule has 1 atom stereocenters. The van der Waals surface area contributed by atoms with E-state index in [9.17, 15) is 9.59 Å². The summed E-state index contributed by atoms with van der Waals surface area (Å²) in [5.74, 6) is -1.46. The van der Waals surface area contributed by atoms with Crippen molar-refractivity contribution >= 4 is 39.1 Å². The van der Waals surface area contributed by atoms with Crippen LogP contribution in [0.5, 0.6) is 0 Å². The molecule has 1 rings (SSSR count). The van der Waals surface area contributed by atoms with Gasteiger partial charge in [-0.25, -0.2) is 4.79 Å². The number of aliphatic carboxylic acids is 1. The normalized spacial score (nSPS) is 11.8. The molecule has 1 unspecified atom stereocenters. The van der Waals surface area contributed by atoms with E-state index < -0.39 is 12.0 Å². The van der Waals surface area contributed by atoms with Crippen LogP contribution in [0.3, 0.4) is 0 Å². The van der Waals surface area contributed by atoms with Crippen molar-refractivity contribution in [1.82, 2.24) is 5.32 Å². The molecule has 5 nitrogen and oxygen atoms in total. The van der Waals surface area contributed by atoms with Crippen LogP contribution in [0.25, 0.3) is 0 Å². The van der Waals surface area contributed by atoms with Crippen LogP contribution >= 0.6 is 27.3 Å². The number of carbonyl (C=O) groups excluding carboxylic acids is 1. The highest BCUT2D eigenvalue weighted by atomic mass is 79.9. The zero-order valence-electron chi connectivity index (χ0n) is 10.1. The Kier molecular flexibility index (Phi) is 6.75. The Hall–Kier alpha value is -1.18. The van der Waals surface area contributed by atoms with E-state index in [4.69, 9.17) is 9.84 Å². The van der Waals surface area contributed by atoms with Crippen LogP contribution in [0, 0.1) is 0 Å². The first-order valence-electron chi connectivity index (χ1n) is 5.48. The number of hydrogen-bond donors (Lipinski definition) is 2. The van der Waals surface area contributed by atoms with Crippen molar-refractivity contribution < 1.29 is 19.4 Å². The highest BCUT2D eigenvalue weighted by Gasteiger charge is 2.20. The molecule has 0 aromatic carbocycles. The number of carboxylic acids is 1. The highest BCUT2D eigenvalue weighted by molar-refractivity contribution is 9.11. The summed E-state index contributed by atoms with van der Waals surface area (Å²) in [4.78, 5) is 23.5. The largest absolute Gasteiger partial charge is 0.480 e. The van der Waals surface area contributed by atoms with Gasteiger partial charge in [0.1, 0.15) is 0 Å². The number of amides is 1. The van der Waals surface area contributed by atoms with Gasteiger partial charge < -0.3 is 15.2 Å². The number of thiophene rings is 1. The summed E-state index contributed by atoms with van der Waals surface area (Å²) in [6.45, 7) is 3.62. The third kappa shape index (κ3) is 6.00. The van der Waals surface area contributed by atoms with Gasteiger partial charge in [-0.15, -0.1) is 17.9 Å². The number of halogens is 1. The molecule has 1 aromatic heterocycles. The van der Waals surface area contributed by atoms with Crippen LogP contribution in [-0.2, 0) is 20.7 Å². The van der Waals surface area contributed by atoms with E-state index in [0.29, 0.717) is 0 Å². The summed E-state index contributed by atoms with van der Waals surface area (Å²) in [6, 6.07) is 2.61. The summed E-state index contributed by atoms with van der Waals surface area (Å²) in [6.07, 6.45) is 1.67. The van der Waals surface area contributed by atoms with Crippen LogP contribution < -0.4 is 5.32 Å². The van der Waals surface area contributed by atoms with Crippen molar-refractivity contribution in [3.8, 4) is 0 Å². The molecule has 0 spiro atoms. The highest BCUT2D eigenvalue weighted by Crippen LogP contribution is 2.22. The van der Waals surface area contributed by atoms with Gasteiger partial charge in [0.2, 0.25) is 5.91 Å². The van der Waals surface area contributed by atoms with Gasteiger partial charge in [-0.2, -0.15) is 0 Å². The maximum absolute atomic E-state index is 11.7. The Labute approximate surface area is 123 Å². The number of hydrogen-bond acceptors (Lipinski definition) is 4. The first-order valence-corrected chi connectivity index (χ1v) is 7.09. The molecule has 7 heteroatoms. The second kappa shape index (κ2) is 8.08. The third-order valence-corrected chi connectivity index (χ3v) is 3.74. The van der Waals surface area contributed by atoms with Gasteiger partial charge in [0.15, 0.2) is 6.04 Å². The fraction of sp³-hybridized carbons (Fsp3) is 0.333. The number of ether oxygens (including phenoxy) is 1. The van der Waals surface area contributed by atoms with E-state index in [2.05, 4.69) is 27.8 Å². The lowest BCUT2D eigenvalue weighted by Crippen LogP contribution is -2.44. The predicted octanol–water partition coefficient (Wildman–Crippen LogP) is 1.83. The Bertz CT molecular complexity index is 460. The van der Waals surface area contributed by atoms with Crippen molar-refractivity contribution in [3.63, 3.8) is 0 Å². The van der Waals surface area contributed by atoms with Crippen LogP contribution in [0.4, 0.5) is 0 Å². The molecule has 0 bridgehead atoms. The van der Waals surface area contributed by atoms with E-state index in [-0.39, 0.29) is 25.5 Å². The molecule has 0 aliphatic carbocycles. The van der Waals surface area contributed by atoms with Crippen molar-refractivity contribution in [2.75, 3.05) is 13.2 Å². The fourth-order valence-corrected chi connectivity index (χ4v) is 2.78. The second-order valence-corrected chi connectivity index (χ2v) is 6.21. The zero-order valence-corrected chi connectivity index (χ0v) is 12.5. The van der Waals surface area contributed by atoms with Crippen molar-refractivity contribution in [1.29, 1.82) is 0 Å². The van der Waals surface area contributed by atoms with Gasteiger partial charge in [0.05, 0.1) is 23.4 Å². The molecule has 0 fully saturated rings. The van der Waals surface area contributed by atoms with Gasteiger partial charge in [-0.3, -0.25) is 4.79 Å². The van der Waals surface area contributed by atoms with E-state index in [0.717, 1.165) is 8.66 Å². The molecular formula is C12H14BrNO4S. The molecule has 1 aromatic rings. The van der Waals surface area contributed by atoms with Gasteiger partial charge in [-0.05, 0) is 28.1 Å². The molecule has 0 radical (unpaired) electrons. The van der Waals surface area contributed by atoms with E-state index >= 15 is 0 Å². The third-order valence-electron chi connectivity index (χ3n) is 2.12. The van der Waals surface area contributed by atoms with Gasteiger partial charge >= 0.3 is 5.97 Å². The molecule has 1 heterocycles. The molecule has 104 valence electrons. The van der Waals surface area contributed by atoms with Crippen LogP contribution in [-0.4, -0.2) is 36.2 Å². The number of carboxylic acid groups (broad SMARTS) is 1. The summed E-state index contributed by atoms with van der Waals surface area (Å²) in [5.41, 5.74) is 0. The lowest BCUT2D eigenvalue weighted by atomic mass is 10.2. The minimum absolute atomic E-state index is 0.0821. The molecule has 0 saturated carbocycles. The summed E-state index contributed by atoms with van der Waals surface area (Å²) in [7, 11) is 0. The smallest absolute Gasteiger partial charge is 0.328 e. The monoisotopic (exact) mass is 347 g/mol. The van der Waals surface area contributed by atoms with Crippen molar-refractivity contribution in [3.05, 3.63) is 33.5 Å². The van der Waals surface area contributed by atoms with Gasteiger partial charge in [-0.1, -0.05) is 6.08 Å². The quantitative estimate of drug-likeness (QED) is 0.555. The minimum atomic E-state index is -1.12. The maximum Gasteiger partial charge on any atom is 0.328 e. The molecule has 1 amide bonds. The Balaban J connectivity index is 2.46. The SMILES string of the molecule is C=CCOCC(NC(=O)Cc1ccc(Br)s1)C(=O)O. The number of carbonyl (C=O) groups is 2. The molecular weight excluding hydrogens is 334 g/mol. The molecule has 0 saturated heterocycles. The molecule has 2 N–H and O–H groups in total. The average Bonchev–Trinajstić information content (AvgIpc) is 2.73. The second-order valence-electron chi connectivity index (χ2n) is 3.67. The number of rotatable bonds is 8. The average molecular weight is 348 g/mol. The van der Waals surface area contributed by atoms with Gasteiger partial charge in [0.25, 0.3) is 0 Å². The first-order chi connectivity index (χ1) is 9.02. The summed E-state index contributed by atoms with van der Waals surface area (Å²) < 4.78 is 5.97. The maximum atomic E-state index is 11.7. The minimum Gasteiger partial charge on any atom is -0.480 e. The Morgan fingerprint density at radius 1 is 1.58 bits per heavy atom. The van der Waals surface area contributed by atoms with E-state index in [1.165, 1.54) is 17.4 Å². The van der Waals surface area contributed by atoms with Crippen LogP contribution in [0.15, 0.2) is 28.6 Å². The molecule has 19 heavy (non-hydrogen) atoms. The van der Waals surface area contributed by atoms with Gasteiger partial charge in [0, 0.05) is 4.88 Å². The Morgan fingerprint density at radius 3 is 2.84 bits per heavy atom. The zero-order chi connectivity index (χ0) is 14.3. The fourth-order valence-electron chi connectivity index (χ4n) is 1.29. The Morgan fingerprint density at radius 2 is 2.32 bits per heavy atom. The lowest BCUT2D eigenvalue weighted by Gasteiger charge is -2.13. The lowest BCUT2D eigenvalue weighted by molar-refractivity contribution is -0.143. The predicted molar refractivity (Wildman–Crippen MR) is 76.3 cm³/mol. The number of nitrogens with one attached hydrogen (secondary N) is 1. The molecule has 0 aliphatic rings. The van der Waals surface area contributed by atoms with E-state index in [1.807, 2.05) is 12.1 Å². The van der Waals surface area contributed by atoms with Crippen molar-refractivity contribution in [2.24, 2.45) is 0 Å². The van der Waals surface area contributed by atoms with Crippen molar-refractivity contribution in [2.45, 2.75) is 12.5 Å². The molecule has 0 aliphatic heterocycles.